The quantitative estimate of drug-likeness (QED) is 0.641. The van der Waals surface area contributed by atoms with Crippen molar-refractivity contribution in [3.63, 3.8) is 0 Å². The third-order valence-electron chi connectivity index (χ3n) is 2.00. The van der Waals surface area contributed by atoms with Crippen molar-refractivity contribution in [3.05, 3.63) is 28.0 Å². The largest absolute Gasteiger partial charge is 0.507 e. The van der Waals surface area contributed by atoms with E-state index in [1.165, 1.54) is 24.0 Å². The van der Waals surface area contributed by atoms with Crippen LogP contribution in [0.5, 0.6) is 5.75 Å². The lowest BCUT2D eigenvalue weighted by atomic mass is 10.2. The van der Waals surface area contributed by atoms with Crippen LogP contribution >= 0.6 is 27.7 Å². The molecule has 1 heterocycles. The molecule has 1 amide bonds. The Morgan fingerprint density at radius 2 is 2.33 bits per heavy atom. The molecule has 0 radical (unpaired) electrons. The zero-order valence-corrected chi connectivity index (χ0v) is 11.3. The van der Waals surface area contributed by atoms with E-state index in [0.29, 0.717) is 15.4 Å². The highest BCUT2D eigenvalue weighted by molar-refractivity contribution is 9.10. The molecule has 8 heteroatoms. The van der Waals surface area contributed by atoms with Crippen LogP contribution in [0.1, 0.15) is 5.56 Å². The molecule has 5 nitrogen and oxygen atoms in total. The number of aromatic hydroxyl groups is 1. The number of nitrogens with zero attached hydrogens (tertiary/aromatic N) is 2. The molecule has 0 spiro atoms. The predicted octanol–water partition coefficient (Wildman–Crippen LogP) is 1.85. The van der Waals surface area contributed by atoms with Crippen LogP contribution in [-0.4, -0.2) is 28.1 Å². The van der Waals surface area contributed by atoms with Crippen molar-refractivity contribution in [1.82, 2.24) is 5.32 Å². The Morgan fingerprint density at radius 1 is 1.56 bits per heavy atom. The summed E-state index contributed by atoms with van der Waals surface area (Å²) >= 11 is 4.30. The summed E-state index contributed by atoms with van der Waals surface area (Å²) in [5, 5.41) is 19.5. The first-order valence-electron chi connectivity index (χ1n) is 4.78. The lowest BCUT2D eigenvalue weighted by Crippen LogP contribution is -2.19. The van der Waals surface area contributed by atoms with Crippen molar-refractivity contribution in [3.8, 4) is 5.75 Å². The summed E-state index contributed by atoms with van der Waals surface area (Å²) < 4.78 is 13.8. The average molecular weight is 332 g/mol. The average Bonchev–Trinajstić information content (AvgIpc) is 2.71. The summed E-state index contributed by atoms with van der Waals surface area (Å²) in [5.74, 6) is -0.613. The maximum atomic E-state index is 13.4. The SMILES string of the molecule is O=C1CSC(=NN=Cc2cc(Br)c(O)cc2F)N1. The molecule has 0 aromatic heterocycles. The number of nitrogens with one attached hydrogen (secondary N) is 1. The normalized spacial score (nSPS) is 17.7. The number of amidine groups is 1. The van der Waals surface area contributed by atoms with E-state index in [0.717, 1.165) is 6.07 Å². The molecule has 0 atom stereocenters. The number of amides is 1. The van der Waals surface area contributed by atoms with Crippen LogP contribution in [0.15, 0.2) is 26.8 Å². The Labute approximate surface area is 114 Å². The van der Waals surface area contributed by atoms with E-state index in [1.807, 2.05) is 0 Å². The number of carbonyl (C=O) groups is 1. The molecule has 2 N–H and O–H groups in total. The molecule has 1 aliphatic heterocycles. The van der Waals surface area contributed by atoms with Crippen LogP contribution in [0.2, 0.25) is 0 Å². The summed E-state index contributed by atoms with van der Waals surface area (Å²) in [6.07, 6.45) is 1.21. The van der Waals surface area contributed by atoms with E-state index >= 15 is 0 Å². The van der Waals surface area contributed by atoms with Gasteiger partial charge in [-0.25, -0.2) is 4.39 Å². The highest BCUT2D eigenvalue weighted by atomic mass is 79.9. The Balaban J connectivity index is 2.14. The second-order valence-electron chi connectivity index (χ2n) is 3.31. The molecule has 94 valence electrons. The van der Waals surface area contributed by atoms with Gasteiger partial charge in [0.2, 0.25) is 5.91 Å². The number of phenolic OH excluding ortho intramolecular Hbond substituents is 1. The number of carbonyl (C=O) groups excluding carboxylic acids is 1. The van der Waals surface area contributed by atoms with E-state index in [4.69, 9.17) is 0 Å². The fourth-order valence-corrected chi connectivity index (χ4v) is 2.17. The summed E-state index contributed by atoms with van der Waals surface area (Å²) in [5.41, 5.74) is 0.179. The van der Waals surface area contributed by atoms with Gasteiger partial charge in [-0.05, 0) is 22.0 Å². The molecular weight excluding hydrogens is 325 g/mol. The van der Waals surface area contributed by atoms with Gasteiger partial charge in [0.05, 0.1) is 16.4 Å². The third kappa shape index (κ3) is 3.08. The Morgan fingerprint density at radius 3 is 3.00 bits per heavy atom. The first-order valence-corrected chi connectivity index (χ1v) is 6.56. The van der Waals surface area contributed by atoms with Gasteiger partial charge in [0.25, 0.3) is 0 Å². The van der Waals surface area contributed by atoms with Crippen molar-refractivity contribution < 1.29 is 14.3 Å². The van der Waals surface area contributed by atoms with Crippen LogP contribution in [-0.2, 0) is 4.79 Å². The molecule has 18 heavy (non-hydrogen) atoms. The van der Waals surface area contributed by atoms with Crippen LogP contribution in [0.3, 0.4) is 0 Å². The Kier molecular flexibility index (Phi) is 3.97. The highest BCUT2D eigenvalue weighted by Crippen LogP contribution is 2.26. The van der Waals surface area contributed by atoms with E-state index in [1.54, 1.807) is 0 Å². The minimum absolute atomic E-state index is 0.132. The number of phenols is 1. The Hall–Kier alpha value is -1.41. The van der Waals surface area contributed by atoms with Gasteiger partial charge >= 0.3 is 0 Å². The molecule has 1 saturated heterocycles. The lowest BCUT2D eigenvalue weighted by molar-refractivity contribution is -0.116. The van der Waals surface area contributed by atoms with Gasteiger partial charge in [0.1, 0.15) is 11.6 Å². The maximum Gasteiger partial charge on any atom is 0.236 e. The number of thioether (sulfide) groups is 1. The number of rotatable bonds is 2. The molecule has 0 aliphatic carbocycles. The molecule has 1 aromatic rings. The monoisotopic (exact) mass is 331 g/mol. The summed E-state index contributed by atoms with van der Waals surface area (Å²) in [4.78, 5) is 10.9. The zero-order valence-electron chi connectivity index (χ0n) is 8.85. The van der Waals surface area contributed by atoms with Crippen LogP contribution < -0.4 is 5.32 Å². The van der Waals surface area contributed by atoms with Gasteiger partial charge in [0.15, 0.2) is 5.17 Å². The van der Waals surface area contributed by atoms with E-state index in [2.05, 4.69) is 31.4 Å². The molecule has 1 aromatic carbocycles. The minimum atomic E-state index is -0.609. The van der Waals surface area contributed by atoms with Gasteiger partial charge in [-0.2, -0.15) is 5.10 Å². The summed E-state index contributed by atoms with van der Waals surface area (Å²) in [6.45, 7) is 0. The minimum Gasteiger partial charge on any atom is -0.507 e. The van der Waals surface area contributed by atoms with E-state index in [-0.39, 0.29) is 17.2 Å². The first-order chi connectivity index (χ1) is 8.56. The Bertz CT molecular complexity index is 562. The van der Waals surface area contributed by atoms with Crippen LogP contribution in [0.25, 0.3) is 0 Å². The second-order valence-corrected chi connectivity index (χ2v) is 5.13. The van der Waals surface area contributed by atoms with Gasteiger partial charge < -0.3 is 10.4 Å². The molecule has 1 fully saturated rings. The zero-order chi connectivity index (χ0) is 13.1. The lowest BCUT2D eigenvalue weighted by Gasteiger charge is -1.99. The van der Waals surface area contributed by atoms with Crippen molar-refractivity contribution >= 4 is 45.0 Å². The van der Waals surface area contributed by atoms with E-state index < -0.39 is 5.82 Å². The number of hydrogen-bond donors (Lipinski definition) is 2. The number of hydrogen-bond acceptors (Lipinski definition) is 5. The number of benzene rings is 1. The van der Waals surface area contributed by atoms with Gasteiger partial charge in [-0.3, -0.25) is 4.79 Å². The van der Waals surface area contributed by atoms with Gasteiger partial charge in [-0.15, -0.1) is 5.10 Å². The van der Waals surface area contributed by atoms with Gasteiger partial charge in [-0.1, -0.05) is 11.8 Å². The van der Waals surface area contributed by atoms with Gasteiger partial charge in [0, 0.05) is 11.6 Å². The summed E-state index contributed by atoms with van der Waals surface area (Å²) in [6, 6.07) is 2.36. The molecular formula is C10H7BrFN3O2S. The molecule has 0 saturated carbocycles. The molecule has 0 unspecified atom stereocenters. The van der Waals surface area contributed by atoms with Crippen molar-refractivity contribution in [1.29, 1.82) is 0 Å². The van der Waals surface area contributed by atoms with E-state index in [9.17, 15) is 14.3 Å². The smallest absolute Gasteiger partial charge is 0.236 e. The van der Waals surface area contributed by atoms with Crippen molar-refractivity contribution in [2.45, 2.75) is 0 Å². The standard InChI is InChI=1S/C10H7BrFN3O2S/c11-6-1-5(7(12)2-8(6)16)3-13-15-10-14-9(17)4-18-10/h1-3,16H,4H2,(H,14,15,17). The summed E-state index contributed by atoms with van der Waals surface area (Å²) in [7, 11) is 0. The fraction of sp³-hybridized carbons (Fsp3) is 0.100. The first kappa shape index (κ1) is 13.0. The predicted molar refractivity (Wildman–Crippen MR) is 71.4 cm³/mol. The molecule has 0 bridgehead atoms. The number of halogens is 2. The molecule has 1 aliphatic rings. The van der Waals surface area contributed by atoms with Crippen molar-refractivity contribution in [2.75, 3.05) is 5.75 Å². The van der Waals surface area contributed by atoms with Crippen LogP contribution in [0, 0.1) is 5.82 Å². The molecule has 2 rings (SSSR count). The van der Waals surface area contributed by atoms with Crippen molar-refractivity contribution in [2.24, 2.45) is 10.2 Å². The third-order valence-corrected chi connectivity index (χ3v) is 3.50. The maximum absolute atomic E-state index is 13.4. The topological polar surface area (TPSA) is 74.0 Å². The highest BCUT2D eigenvalue weighted by Gasteiger charge is 2.16. The van der Waals surface area contributed by atoms with Crippen LogP contribution in [0.4, 0.5) is 4.39 Å². The fourth-order valence-electron chi connectivity index (χ4n) is 1.17. The second kappa shape index (κ2) is 5.49.